The molecule has 6 heteroatoms. The van der Waals surface area contributed by atoms with Crippen LogP contribution in [-0.4, -0.2) is 23.8 Å². The Balaban J connectivity index is 2.09. The number of benzene rings is 1. The van der Waals surface area contributed by atoms with E-state index in [2.05, 4.69) is 29.5 Å². The van der Waals surface area contributed by atoms with Gasteiger partial charge in [-0.15, -0.1) is 11.3 Å². The molecule has 0 bridgehead atoms. The van der Waals surface area contributed by atoms with Crippen LogP contribution in [0.5, 0.6) is 0 Å². The van der Waals surface area contributed by atoms with Crippen molar-refractivity contribution in [2.24, 2.45) is 0 Å². The Morgan fingerprint density at radius 1 is 1.30 bits per heavy atom. The van der Waals surface area contributed by atoms with E-state index in [1.165, 1.54) is 0 Å². The molecule has 0 fully saturated rings. The molecule has 0 aliphatic heterocycles. The molecular weight excluding hydrogens is 310 g/mol. The largest absolute Gasteiger partial charge is 0.355 e. The molecule has 2 amide bonds. The van der Waals surface area contributed by atoms with Gasteiger partial charge in [-0.25, -0.2) is 4.98 Å². The molecule has 2 N–H and O–H groups in total. The predicted octanol–water partition coefficient (Wildman–Crippen LogP) is 3.12. The van der Waals surface area contributed by atoms with Gasteiger partial charge >= 0.3 is 0 Å². The zero-order chi connectivity index (χ0) is 17.0. The summed E-state index contributed by atoms with van der Waals surface area (Å²) in [5.74, 6) is 0.0609. The number of anilines is 1. The summed E-state index contributed by atoms with van der Waals surface area (Å²) >= 11 is 1.57. The molecule has 0 saturated heterocycles. The van der Waals surface area contributed by atoms with E-state index in [4.69, 9.17) is 0 Å². The zero-order valence-corrected chi connectivity index (χ0v) is 14.6. The van der Waals surface area contributed by atoms with E-state index in [1.807, 2.05) is 12.3 Å². The molecule has 0 atom stereocenters. The van der Waals surface area contributed by atoms with Crippen molar-refractivity contribution in [2.45, 2.75) is 33.1 Å². The van der Waals surface area contributed by atoms with Crippen LogP contribution in [0.1, 0.15) is 46.4 Å². The van der Waals surface area contributed by atoms with Gasteiger partial charge in [0.2, 0.25) is 5.91 Å². The standard InChI is InChI=1S/C17H21N3O2S/c1-10(2)17-19-12(9-23-17)8-15(21)20-14-7-5-6-13(11(14)3)16(22)18-4/h5-7,9-10H,8H2,1-4H3,(H,18,22)(H,20,21). The summed E-state index contributed by atoms with van der Waals surface area (Å²) in [5, 5.41) is 8.41. The lowest BCUT2D eigenvalue weighted by Gasteiger charge is -2.11. The van der Waals surface area contributed by atoms with Crippen LogP contribution >= 0.6 is 11.3 Å². The first-order chi connectivity index (χ1) is 10.9. The summed E-state index contributed by atoms with van der Waals surface area (Å²) in [7, 11) is 1.58. The maximum absolute atomic E-state index is 12.2. The fourth-order valence-electron chi connectivity index (χ4n) is 2.18. The molecule has 5 nitrogen and oxygen atoms in total. The molecule has 0 unspecified atom stereocenters. The molecule has 0 aliphatic rings. The maximum atomic E-state index is 12.2. The Hall–Kier alpha value is -2.21. The number of carbonyl (C=O) groups excluding carboxylic acids is 2. The van der Waals surface area contributed by atoms with Crippen LogP contribution < -0.4 is 10.6 Å². The van der Waals surface area contributed by atoms with Crippen LogP contribution in [0.4, 0.5) is 5.69 Å². The summed E-state index contributed by atoms with van der Waals surface area (Å²) in [6, 6.07) is 5.28. The highest BCUT2D eigenvalue weighted by atomic mass is 32.1. The fourth-order valence-corrected chi connectivity index (χ4v) is 3.01. The lowest BCUT2D eigenvalue weighted by atomic mass is 10.1. The van der Waals surface area contributed by atoms with Gasteiger partial charge in [0.25, 0.3) is 5.91 Å². The zero-order valence-electron chi connectivity index (χ0n) is 13.8. The summed E-state index contributed by atoms with van der Waals surface area (Å²) in [5.41, 5.74) is 2.73. The number of amides is 2. The average Bonchev–Trinajstić information content (AvgIpc) is 2.97. The third kappa shape index (κ3) is 4.16. The first-order valence-corrected chi connectivity index (χ1v) is 8.36. The molecular formula is C17H21N3O2S. The number of thiazole rings is 1. The van der Waals surface area contributed by atoms with Crippen LogP contribution in [0.15, 0.2) is 23.6 Å². The summed E-state index contributed by atoms with van der Waals surface area (Å²) in [4.78, 5) is 28.5. The van der Waals surface area contributed by atoms with Gasteiger partial charge in [0, 0.05) is 29.6 Å². The molecule has 1 heterocycles. The van der Waals surface area contributed by atoms with E-state index < -0.39 is 0 Å². The molecule has 122 valence electrons. The van der Waals surface area contributed by atoms with Crippen molar-refractivity contribution in [3.8, 4) is 0 Å². The molecule has 0 radical (unpaired) electrons. The summed E-state index contributed by atoms with van der Waals surface area (Å²) in [6.45, 7) is 5.98. The highest BCUT2D eigenvalue weighted by molar-refractivity contribution is 7.09. The first kappa shape index (κ1) is 17.1. The number of nitrogens with one attached hydrogen (secondary N) is 2. The van der Waals surface area contributed by atoms with Gasteiger partial charge in [-0.2, -0.15) is 0 Å². The molecule has 0 spiro atoms. The molecule has 1 aromatic heterocycles. The third-order valence-corrected chi connectivity index (χ3v) is 4.68. The van der Waals surface area contributed by atoms with E-state index >= 15 is 0 Å². The lowest BCUT2D eigenvalue weighted by molar-refractivity contribution is -0.115. The molecule has 0 saturated carbocycles. The Morgan fingerprint density at radius 2 is 2.04 bits per heavy atom. The smallest absolute Gasteiger partial charge is 0.251 e. The summed E-state index contributed by atoms with van der Waals surface area (Å²) < 4.78 is 0. The van der Waals surface area contributed by atoms with Gasteiger partial charge in [0.15, 0.2) is 0 Å². The van der Waals surface area contributed by atoms with Crippen molar-refractivity contribution in [1.82, 2.24) is 10.3 Å². The lowest BCUT2D eigenvalue weighted by Crippen LogP contribution is -2.21. The minimum absolute atomic E-state index is 0.136. The van der Waals surface area contributed by atoms with E-state index in [0.29, 0.717) is 17.2 Å². The van der Waals surface area contributed by atoms with E-state index in [9.17, 15) is 9.59 Å². The van der Waals surface area contributed by atoms with Gasteiger partial charge in [-0.1, -0.05) is 19.9 Å². The van der Waals surface area contributed by atoms with Gasteiger partial charge in [0.05, 0.1) is 17.1 Å². The fraction of sp³-hybridized carbons (Fsp3) is 0.353. The monoisotopic (exact) mass is 331 g/mol. The Labute approximate surface area is 140 Å². The number of rotatable bonds is 5. The molecule has 2 aromatic rings. The van der Waals surface area contributed by atoms with Crippen molar-refractivity contribution >= 4 is 28.8 Å². The van der Waals surface area contributed by atoms with Crippen LogP contribution in [0.25, 0.3) is 0 Å². The third-order valence-electron chi connectivity index (χ3n) is 3.48. The highest BCUT2D eigenvalue weighted by Crippen LogP contribution is 2.21. The topological polar surface area (TPSA) is 71.1 Å². The highest BCUT2D eigenvalue weighted by Gasteiger charge is 2.14. The Kier molecular flexibility index (Phi) is 5.50. The predicted molar refractivity (Wildman–Crippen MR) is 93.1 cm³/mol. The van der Waals surface area contributed by atoms with E-state index in [-0.39, 0.29) is 18.2 Å². The molecule has 2 rings (SSSR count). The molecule has 1 aromatic carbocycles. The van der Waals surface area contributed by atoms with Crippen molar-refractivity contribution in [2.75, 3.05) is 12.4 Å². The van der Waals surface area contributed by atoms with Crippen molar-refractivity contribution in [3.05, 3.63) is 45.4 Å². The van der Waals surface area contributed by atoms with Crippen LogP contribution in [-0.2, 0) is 11.2 Å². The normalized spacial score (nSPS) is 10.7. The minimum atomic E-state index is -0.167. The SMILES string of the molecule is CNC(=O)c1cccc(NC(=O)Cc2csc(C(C)C)n2)c1C. The molecule has 0 aliphatic carbocycles. The van der Waals surface area contributed by atoms with E-state index in [0.717, 1.165) is 16.3 Å². The number of aromatic nitrogens is 1. The number of hydrogen-bond acceptors (Lipinski definition) is 4. The Morgan fingerprint density at radius 3 is 2.65 bits per heavy atom. The van der Waals surface area contributed by atoms with Gasteiger partial charge in [0.1, 0.15) is 0 Å². The van der Waals surface area contributed by atoms with Gasteiger partial charge < -0.3 is 10.6 Å². The molecule has 23 heavy (non-hydrogen) atoms. The number of nitrogens with zero attached hydrogens (tertiary/aromatic N) is 1. The van der Waals surface area contributed by atoms with E-state index in [1.54, 1.807) is 36.6 Å². The maximum Gasteiger partial charge on any atom is 0.251 e. The summed E-state index contributed by atoms with van der Waals surface area (Å²) in [6.07, 6.45) is 0.229. The van der Waals surface area contributed by atoms with Crippen molar-refractivity contribution < 1.29 is 9.59 Å². The second-order valence-electron chi connectivity index (χ2n) is 5.61. The number of hydrogen-bond donors (Lipinski definition) is 2. The van der Waals surface area contributed by atoms with Crippen molar-refractivity contribution in [1.29, 1.82) is 0 Å². The number of carbonyl (C=O) groups is 2. The van der Waals surface area contributed by atoms with Crippen LogP contribution in [0.2, 0.25) is 0 Å². The average molecular weight is 331 g/mol. The quantitative estimate of drug-likeness (QED) is 0.884. The van der Waals surface area contributed by atoms with Gasteiger partial charge in [-0.05, 0) is 24.6 Å². The Bertz CT molecular complexity index is 722. The van der Waals surface area contributed by atoms with Crippen LogP contribution in [0.3, 0.4) is 0 Å². The second-order valence-corrected chi connectivity index (χ2v) is 6.50. The first-order valence-electron chi connectivity index (χ1n) is 7.48. The minimum Gasteiger partial charge on any atom is -0.355 e. The van der Waals surface area contributed by atoms with Crippen molar-refractivity contribution in [3.63, 3.8) is 0 Å². The second kappa shape index (κ2) is 7.37. The van der Waals surface area contributed by atoms with Crippen LogP contribution in [0, 0.1) is 6.92 Å². The van der Waals surface area contributed by atoms with Gasteiger partial charge in [-0.3, -0.25) is 9.59 Å².